The molecule has 0 amide bonds. The molecule has 1 aromatic carbocycles. The molecule has 1 aromatic rings. The first-order chi connectivity index (χ1) is 9.06. The van der Waals surface area contributed by atoms with Crippen LogP contribution in [-0.4, -0.2) is 30.6 Å². The van der Waals surface area contributed by atoms with E-state index in [2.05, 4.69) is 5.32 Å². The van der Waals surface area contributed by atoms with Crippen LogP contribution in [0.15, 0.2) is 30.3 Å². The number of esters is 1. The van der Waals surface area contributed by atoms with Crippen LogP contribution in [0.4, 0.5) is 0 Å². The monoisotopic (exact) mass is 281 g/mol. The normalized spacial score (nSPS) is 14.2. The van der Waals surface area contributed by atoms with Gasteiger partial charge in [0, 0.05) is 11.8 Å². The number of rotatable bonds is 7. The second-order valence-corrected chi connectivity index (χ2v) is 5.59. The van der Waals surface area contributed by atoms with Crippen LogP contribution in [0.2, 0.25) is 0 Å². The molecule has 3 nitrogen and oxygen atoms in total. The van der Waals surface area contributed by atoms with Crippen molar-refractivity contribution < 1.29 is 9.53 Å². The molecule has 0 saturated heterocycles. The molecule has 0 aliphatic heterocycles. The molecule has 0 saturated carbocycles. The quantitative estimate of drug-likeness (QED) is 0.780. The molecular formula is C15H23NO2S. The van der Waals surface area contributed by atoms with Gasteiger partial charge in [-0.1, -0.05) is 30.3 Å². The molecule has 1 unspecified atom stereocenters. The van der Waals surface area contributed by atoms with Crippen molar-refractivity contribution in [3.63, 3.8) is 0 Å². The molecule has 0 bridgehead atoms. The largest absolute Gasteiger partial charge is 0.464 e. The number of hydrogen-bond donors (Lipinski definition) is 1. The molecule has 0 aliphatic carbocycles. The van der Waals surface area contributed by atoms with E-state index in [1.165, 1.54) is 0 Å². The van der Waals surface area contributed by atoms with Crippen molar-refractivity contribution in [1.82, 2.24) is 5.32 Å². The average molecular weight is 281 g/mol. The van der Waals surface area contributed by atoms with E-state index >= 15 is 0 Å². The van der Waals surface area contributed by atoms with Crippen molar-refractivity contribution in [2.75, 3.05) is 18.6 Å². The molecule has 0 fully saturated rings. The number of carbonyl (C=O) groups is 1. The molecule has 0 radical (unpaired) electrons. The third-order valence-electron chi connectivity index (χ3n) is 2.79. The topological polar surface area (TPSA) is 38.3 Å². The molecular weight excluding hydrogens is 258 g/mol. The number of nitrogens with one attached hydrogen (secondary N) is 1. The van der Waals surface area contributed by atoms with Gasteiger partial charge in [-0.05, 0) is 32.6 Å². The van der Waals surface area contributed by atoms with E-state index in [-0.39, 0.29) is 12.0 Å². The third-order valence-corrected chi connectivity index (χ3v) is 3.51. The first-order valence-corrected chi connectivity index (χ1v) is 7.95. The van der Waals surface area contributed by atoms with Crippen molar-refractivity contribution in [3.8, 4) is 0 Å². The summed E-state index contributed by atoms with van der Waals surface area (Å²) in [6, 6.07) is 9.99. The highest BCUT2D eigenvalue weighted by Crippen LogP contribution is 2.27. The van der Waals surface area contributed by atoms with Crippen LogP contribution >= 0.6 is 11.8 Å². The third kappa shape index (κ3) is 3.98. The van der Waals surface area contributed by atoms with Crippen LogP contribution < -0.4 is 5.32 Å². The molecule has 0 aromatic heterocycles. The zero-order valence-electron chi connectivity index (χ0n) is 12.1. The molecule has 19 heavy (non-hydrogen) atoms. The SMILES string of the molecule is CCOC(=O)C(CSC)(NC(C)C)c1ccccc1. The zero-order valence-corrected chi connectivity index (χ0v) is 12.9. The number of thioether (sulfide) groups is 1. The second kappa shape index (κ2) is 7.56. The molecule has 0 heterocycles. The van der Waals surface area contributed by atoms with Crippen molar-refractivity contribution in [3.05, 3.63) is 35.9 Å². The Morgan fingerprint density at radius 1 is 1.37 bits per heavy atom. The Balaban J connectivity index is 3.22. The lowest BCUT2D eigenvalue weighted by Gasteiger charge is -2.34. The van der Waals surface area contributed by atoms with Crippen LogP contribution in [0.25, 0.3) is 0 Å². The van der Waals surface area contributed by atoms with E-state index in [0.29, 0.717) is 12.4 Å². The van der Waals surface area contributed by atoms with E-state index < -0.39 is 5.54 Å². The molecule has 0 spiro atoms. The predicted octanol–water partition coefficient (Wildman–Crippen LogP) is 2.81. The lowest BCUT2D eigenvalue weighted by atomic mass is 9.91. The van der Waals surface area contributed by atoms with Gasteiger partial charge in [0.2, 0.25) is 0 Å². The van der Waals surface area contributed by atoms with E-state index in [4.69, 9.17) is 4.74 Å². The molecule has 4 heteroatoms. The summed E-state index contributed by atoms with van der Waals surface area (Å²) in [4.78, 5) is 12.5. The second-order valence-electron chi connectivity index (χ2n) is 4.72. The smallest absolute Gasteiger partial charge is 0.331 e. The highest BCUT2D eigenvalue weighted by Gasteiger charge is 2.41. The number of benzene rings is 1. The maximum Gasteiger partial charge on any atom is 0.331 e. The van der Waals surface area contributed by atoms with E-state index in [0.717, 1.165) is 5.56 Å². The lowest BCUT2D eigenvalue weighted by Crippen LogP contribution is -2.54. The molecule has 1 atom stereocenters. The standard InChI is InChI=1S/C15H23NO2S/c1-5-18-14(17)15(11-19-4,16-12(2)3)13-9-7-6-8-10-13/h6-10,12,16H,5,11H2,1-4H3. The van der Waals surface area contributed by atoms with E-state index in [9.17, 15) is 4.79 Å². The van der Waals surface area contributed by atoms with Gasteiger partial charge in [0.25, 0.3) is 0 Å². The van der Waals surface area contributed by atoms with Crippen molar-refractivity contribution >= 4 is 17.7 Å². The maximum absolute atomic E-state index is 12.5. The Bertz CT molecular complexity index is 394. The summed E-state index contributed by atoms with van der Waals surface area (Å²) in [7, 11) is 0. The lowest BCUT2D eigenvalue weighted by molar-refractivity contribution is -0.151. The highest BCUT2D eigenvalue weighted by atomic mass is 32.2. The summed E-state index contributed by atoms with van der Waals surface area (Å²) < 4.78 is 5.30. The first kappa shape index (κ1) is 16.1. The Kier molecular flexibility index (Phi) is 6.38. The number of ether oxygens (including phenoxy) is 1. The zero-order chi connectivity index (χ0) is 14.3. The Labute approximate surface area is 120 Å². The van der Waals surface area contributed by atoms with Crippen molar-refractivity contribution in [2.24, 2.45) is 0 Å². The highest BCUT2D eigenvalue weighted by molar-refractivity contribution is 7.98. The summed E-state index contributed by atoms with van der Waals surface area (Å²) in [6.45, 7) is 6.30. The minimum atomic E-state index is -0.773. The van der Waals surface area contributed by atoms with Crippen molar-refractivity contribution in [2.45, 2.75) is 32.4 Å². The van der Waals surface area contributed by atoms with Gasteiger partial charge in [0.15, 0.2) is 5.54 Å². The van der Waals surface area contributed by atoms with Crippen LogP contribution in [0.5, 0.6) is 0 Å². The summed E-state index contributed by atoms with van der Waals surface area (Å²) >= 11 is 1.64. The van der Waals surface area contributed by atoms with Gasteiger partial charge in [-0.3, -0.25) is 5.32 Å². The number of hydrogen-bond acceptors (Lipinski definition) is 4. The minimum Gasteiger partial charge on any atom is -0.464 e. The van der Waals surface area contributed by atoms with Gasteiger partial charge < -0.3 is 4.74 Å². The van der Waals surface area contributed by atoms with Crippen LogP contribution in [0.3, 0.4) is 0 Å². The van der Waals surface area contributed by atoms with Gasteiger partial charge in [0.1, 0.15) is 0 Å². The van der Waals surface area contributed by atoms with Crippen LogP contribution in [-0.2, 0) is 15.1 Å². The van der Waals surface area contributed by atoms with Crippen LogP contribution in [0, 0.1) is 0 Å². The van der Waals surface area contributed by atoms with Gasteiger partial charge in [0.05, 0.1) is 6.61 Å². The Morgan fingerprint density at radius 2 is 2.00 bits per heavy atom. The van der Waals surface area contributed by atoms with Gasteiger partial charge in [-0.2, -0.15) is 11.8 Å². The average Bonchev–Trinajstić information content (AvgIpc) is 2.39. The fourth-order valence-electron chi connectivity index (χ4n) is 2.13. The summed E-state index contributed by atoms with van der Waals surface area (Å²) in [5.74, 6) is 0.442. The molecule has 1 N–H and O–H groups in total. The number of carbonyl (C=O) groups excluding carboxylic acids is 1. The van der Waals surface area contributed by atoms with Crippen molar-refractivity contribution in [1.29, 1.82) is 0 Å². The van der Waals surface area contributed by atoms with Gasteiger partial charge in [-0.25, -0.2) is 4.79 Å². The fraction of sp³-hybridized carbons (Fsp3) is 0.533. The summed E-state index contributed by atoms with van der Waals surface area (Å²) in [6.07, 6.45) is 2.00. The molecule has 106 valence electrons. The molecule has 1 rings (SSSR count). The summed E-state index contributed by atoms with van der Waals surface area (Å²) in [5, 5.41) is 3.40. The Hall–Kier alpha value is -1.00. The fourth-order valence-corrected chi connectivity index (χ4v) is 2.93. The van der Waals surface area contributed by atoms with Crippen LogP contribution in [0.1, 0.15) is 26.3 Å². The summed E-state index contributed by atoms with van der Waals surface area (Å²) in [5.41, 5.74) is 0.182. The van der Waals surface area contributed by atoms with Gasteiger partial charge in [-0.15, -0.1) is 0 Å². The van der Waals surface area contributed by atoms with E-state index in [1.54, 1.807) is 11.8 Å². The predicted molar refractivity (Wildman–Crippen MR) is 81.4 cm³/mol. The van der Waals surface area contributed by atoms with Gasteiger partial charge >= 0.3 is 5.97 Å². The first-order valence-electron chi connectivity index (χ1n) is 6.56. The minimum absolute atomic E-state index is 0.191. The Morgan fingerprint density at radius 3 is 2.47 bits per heavy atom. The molecule has 0 aliphatic rings. The maximum atomic E-state index is 12.5. The van der Waals surface area contributed by atoms with E-state index in [1.807, 2.05) is 57.4 Å².